The minimum absolute atomic E-state index is 0. The van der Waals surface area contributed by atoms with Gasteiger partial charge in [0.2, 0.25) is 0 Å². The summed E-state index contributed by atoms with van der Waals surface area (Å²) in [6.45, 7) is 5.36. The van der Waals surface area contributed by atoms with E-state index in [0.29, 0.717) is 5.82 Å². The molecule has 1 aromatic heterocycles. The Morgan fingerprint density at radius 2 is 2.24 bits per heavy atom. The third-order valence-corrected chi connectivity index (χ3v) is 4.65. The molecule has 140 valence electrons. The van der Waals surface area contributed by atoms with Crippen molar-refractivity contribution in [1.82, 2.24) is 15.6 Å². The number of rotatable bonds is 7. The molecule has 0 amide bonds. The van der Waals surface area contributed by atoms with Gasteiger partial charge in [-0.1, -0.05) is 12.8 Å². The second-order valence-electron chi connectivity index (χ2n) is 6.73. The van der Waals surface area contributed by atoms with Gasteiger partial charge in [0.25, 0.3) is 0 Å². The van der Waals surface area contributed by atoms with Crippen LogP contribution < -0.4 is 15.5 Å². The van der Waals surface area contributed by atoms with Crippen LogP contribution >= 0.6 is 24.0 Å². The van der Waals surface area contributed by atoms with Gasteiger partial charge in [0, 0.05) is 38.4 Å². The molecule has 0 spiro atoms. The molecule has 0 aromatic carbocycles. The molecule has 1 aromatic rings. The number of halogens is 2. The van der Waals surface area contributed by atoms with Crippen molar-refractivity contribution in [3.63, 3.8) is 0 Å². The van der Waals surface area contributed by atoms with Gasteiger partial charge in [-0.25, -0.2) is 9.37 Å². The number of nitrogens with zero attached hydrogens (tertiary/aromatic N) is 3. The first-order valence-corrected chi connectivity index (χ1v) is 9.16. The predicted molar refractivity (Wildman–Crippen MR) is 111 cm³/mol. The smallest absolute Gasteiger partial charge is 0.191 e. The molecule has 3 rings (SSSR count). The fourth-order valence-electron chi connectivity index (χ4n) is 3.17. The van der Waals surface area contributed by atoms with Gasteiger partial charge in [0.1, 0.15) is 0 Å². The van der Waals surface area contributed by atoms with E-state index in [0.717, 1.165) is 50.9 Å². The molecule has 0 radical (unpaired) electrons. The molecule has 0 bridgehead atoms. The summed E-state index contributed by atoms with van der Waals surface area (Å²) in [4.78, 5) is 10.9. The maximum absolute atomic E-state index is 13.9. The van der Waals surface area contributed by atoms with Crippen molar-refractivity contribution in [3.8, 4) is 0 Å². The number of guanidine groups is 1. The minimum Gasteiger partial charge on any atom is -0.357 e. The predicted octanol–water partition coefficient (Wildman–Crippen LogP) is 3.16. The highest BCUT2D eigenvalue weighted by Crippen LogP contribution is 2.33. The normalized spacial score (nSPS) is 20.3. The average Bonchev–Trinajstić information content (AvgIpc) is 3.30. The van der Waals surface area contributed by atoms with E-state index in [-0.39, 0.29) is 35.8 Å². The van der Waals surface area contributed by atoms with Crippen LogP contribution in [0.25, 0.3) is 0 Å². The van der Waals surface area contributed by atoms with Crippen LogP contribution in [-0.4, -0.2) is 43.2 Å². The highest BCUT2D eigenvalue weighted by atomic mass is 127. The van der Waals surface area contributed by atoms with E-state index in [4.69, 9.17) is 0 Å². The molecule has 1 saturated heterocycles. The maximum atomic E-state index is 13.9. The number of hydrogen-bond acceptors (Lipinski definition) is 3. The van der Waals surface area contributed by atoms with Gasteiger partial charge in [-0.3, -0.25) is 4.99 Å². The lowest BCUT2D eigenvalue weighted by Gasteiger charge is -2.19. The number of pyridine rings is 1. The maximum Gasteiger partial charge on any atom is 0.191 e. The first kappa shape index (κ1) is 20.2. The Morgan fingerprint density at radius 1 is 1.40 bits per heavy atom. The molecule has 1 unspecified atom stereocenters. The Kier molecular flexibility index (Phi) is 8.18. The van der Waals surface area contributed by atoms with E-state index in [1.165, 1.54) is 25.3 Å². The number of anilines is 1. The second kappa shape index (κ2) is 10.1. The van der Waals surface area contributed by atoms with Gasteiger partial charge in [0.15, 0.2) is 17.6 Å². The van der Waals surface area contributed by atoms with E-state index >= 15 is 0 Å². The molecule has 1 aliphatic heterocycles. The van der Waals surface area contributed by atoms with Crippen molar-refractivity contribution in [1.29, 1.82) is 0 Å². The molecular formula is C18H29FIN5. The number of nitrogens with one attached hydrogen (secondary N) is 2. The van der Waals surface area contributed by atoms with E-state index in [1.54, 1.807) is 12.3 Å². The Balaban J connectivity index is 0.00000225. The van der Waals surface area contributed by atoms with Crippen molar-refractivity contribution in [3.05, 3.63) is 24.1 Å². The first-order chi connectivity index (χ1) is 11.8. The first-order valence-electron chi connectivity index (χ1n) is 9.16. The Labute approximate surface area is 166 Å². The van der Waals surface area contributed by atoms with Gasteiger partial charge in [0.05, 0.1) is 0 Å². The van der Waals surface area contributed by atoms with Crippen LogP contribution in [-0.2, 0) is 0 Å². The van der Waals surface area contributed by atoms with Crippen LogP contribution in [0.15, 0.2) is 23.3 Å². The van der Waals surface area contributed by atoms with Crippen LogP contribution in [0.1, 0.15) is 39.0 Å². The molecule has 2 heterocycles. The number of hydrogen-bond donors (Lipinski definition) is 2. The van der Waals surface area contributed by atoms with Crippen LogP contribution in [0.2, 0.25) is 0 Å². The topological polar surface area (TPSA) is 52.6 Å². The van der Waals surface area contributed by atoms with Gasteiger partial charge < -0.3 is 15.5 Å². The lowest BCUT2D eigenvalue weighted by Crippen LogP contribution is -2.44. The Hall–Kier alpha value is -1.12. The van der Waals surface area contributed by atoms with Crippen LogP contribution in [0, 0.1) is 11.7 Å². The van der Waals surface area contributed by atoms with Gasteiger partial charge >= 0.3 is 0 Å². The highest BCUT2D eigenvalue weighted by Gasteiger charge is 2.26. The summed E-state index contributed by atoms with van der Waals surface area (Å²) in [6, 6.07) is 3.36. The fraction of sp³-hybridized carbons (Fsp3) is 0.667. The van der Waals surface area contributed by atoms with Crippen LogP contribution in [0.4, 0.5) is 10.2 Å². The minimum atomic E-state index is -0.251. The monoisotopic (exact) mass is 461 g/mol. The third kappa shape index (κ3) is 6.27. The molecule has 2 fully saturated rings. The SMILES string of the molecule is CCNC(=NCCCC1CC1)NC1CCN(c2ncccc2F)C1.I. The second-order valence-corrected chi connectivity index (χ2v) is 6.73. The summed E-state index contributed by atoms with van der Waals surface area (Å²) in [5.74, 6) is 2.04. The standard InChI is InChI=1S/C18H28FN5.HI/c1-2-20-18(22-11-3-5-14-7-8-14)23-15-9-12-24(13-15)17-16(19)6-4-10-21-17;/h4,6,10,14-15H,2-3,5,7-9,11-13H2,1H3,(H2,20,22,23);1H. The van der Waals surface area contributed by atoms with Gasteiger partial charge in [-0.2, -0.15) is 0 Å². The van der Waals surface area contributed by atoms with E-state index in [2.05, 4.69) is 27.5 Å². The molecule has 1 aliphatic carbocycles. The van der Waals surface area contributed by atoms with Crippen molar-refractivity contribution >= 4 is 35.8 Å². The highest BCUT2D eigenvalue weighted by molar-refractivity contribution is 14.0. The molecule has 2 N–H and O–H groups in total. The van der Waals surface area contributed by atoms with Crippen molar-refractivity contribution < 1.29 is 4.39 Å². The third-order valence-electron chi connectivity index (χ3n) is 4.65. The summed E-state index contributed by atoms with van der Waals surface area (Å²) >= 11 is 0. The molecule has 5 nitrogen and oxygen atoms in total. The van der Waals surface area contributed by atoms with Gasteiger partial charge in [-0.15, -0.1) is 24.0 Å². The zero-order valence-corrected chi connectivity index (χ0v) is 17.2. The quantitative estimate of drug-likeness (QED) is 0.284. The lowest BCUT2D eigenvalue weighted by atomic mass is 10.2. The summed E-state index contributed by atoms with van der Waals surface area (Å²) < 4.78 is 13.9. The summed E-state index contributed by atoms with van der Waals surface area (Å²) in [6.07, 6.45) is 7.89. The van der Waals surface area contributed by atoms with Crippen molar-refractivity contribution in [2.24, 2.45) is 10.9 Å². The Morgan fingerprint density at radius 3 is 2.96 bits per heavy atom. The average molecular weight is 461 g/mol. The largest absolute Gasteiger partial charge is 0.357 e. The van der Waals surface area contributed by atoms with Crippen LogP contribution in [0.3, 0.4) is 0 Å². The van der Waals surface area contributed by atoms with Crippen molar-refractivity contribution in [2.75, 3.05) is 31.1 Å². The molecular weight excluding hydrogens is 432 g/mol. The van der Waals surface area contributed by atoms with E-state index in [1.807, 2.05) is 4.90 Å². The van der Waals surface area contributed by atoms with Gasteiger partial charge in [-0.05, 0) is 44.2 Å². The molecule has 2 aliphatic rings. The number of aromatic nitrogens is 1. The lowest BCUT2D eigenvalue weighted by molar-refractivity contribution is 0.612. The summed E-state index contributed by atoms with van der Waals surface area (Å²) in [5, 5.41) is 6.80. The molecule has 1 atom stereocenters. The van der Waals surface area contributed by atoms with E-state index in [9.17, 15) is 4.39 Å². The molecule has 1 saturated carbocycles. The van der Waals surface area contributed by atoms with Crippen molar-refractivity contribution in [2.45, 2.75) is 45.1 Å². The van der Waals surface area contributed by atoms with E-state index < -0.39 is 0 Å². The summed E-state index contributed by atoms with van der Waals surface area (Å²) in [5.41, 5.74) is 0. The zero-order chi connectivity index (χ0) is 16.8. The fourth-order valence-corrected chi connectivity index (χ4v) is 3.17. The molecule has 25 heavy (non-hydrogen) atoms. The van der Waals surface area contributed by atoms with Crippen LogP contribution in [0.5, 0.6) is 0 Å². The number of aliphatic imine (C=N–C) groups is 1. The summed E-state index contributed by atoms with van der Waals surface area (Å²) in [7, 11) is 0. The Bertz CT molecular complexity index is 564. The molecule has 7 heteroatoms. The zero-order valence-electron chi connectivity index (χ0n) is 14.9.